The first-order valence-corrected chi connectivity index (χ1v) is 8.18. The quantitative estimate of drug-likeness (QED) is 0.920. The number of likely N-dealkylation sites (tertiary alicyclic amines) is 1. The first kappa shape index (κ1) is 15.5. The van der Waals surface area contributed by atoms with Crippen LogP contribution in [0.25, 0.3) is 0 Å². The summed E-state index contributed by atoms with van der Waals surface area (Å²) in [6.45, 7) is 3.07. The van der Waals surface area contributed by atoms with Crippen LogP contribution in [0.4, 0.5) is 5.69 Å². The van der Waals surface area contributed by atoms with Crippen LogP contribution in [-0.4, -0.2) is 34.2 Å². The van der Waals surface area contributed by atoms with Crippen LogP contribution < -0.4 is 5.32 Å². The summed E-state index contributed by atoms with van der Waals surface area (Å²) in [4.78, 5) is 2.46. The van der Waals surface area contributed by atoms with Gasteiger partial charge in [-0.15, -0.1) is 10.2 Å². The van der Waals surface area contributed by atoms with Crippen molar-refractivity contribution in [1.82, 2.24) is 15.1 Å². The molecular weight excluding hydrogens is 319 g/mol. The van der Waals surface area contributed by atoms with Crippen LogP contribution in [0.2, 0.25) is 10.3 Å². The second kappa shape index (κ2) is 7.27. The molecule has 2 heterocycles. The van der Waals surface area contributed by atoms with Crippen molar-refractivity contribution in [1.29, 1.82) is 0 Å². The Morgan fingerprint density at radius 2 is 2.00 bits per heavy atom. The van der Waals surface area contributed by atoms with E-state index in [4.69, 9.17) is 23.2 Å². The van der Waals surface area contributed by atoms with E-state index in [9.17, 15) is 0 Å². The molecule has 1 saturated heterocycles. The van der Waals surface area contributed by atoms with Crippen LogP contribution in [0.1, 0.15) is 18.4 Å². The summed E-state index contributed by atoms with van der Waals surface area (Å²) in [5.74, 6) is 0. The number of nitrogens with zero attached hydrogens (tertiary/aromatic N) is 3. The number of anilines is 1. The molecule has 0 radical (unpaired) electrons. The van der Waals surface area contributed by atoms with E-state index in [-0.39, 0.29) is 0 Å². The maximum absolute atomic E-state index is 6.07. The predicted octanol–water partition coefficient (Wildman–Crippen LogP) is 3.86. The molecule has 3 rings (SSSR count). The van der Waals surface area contributed by atoms with Crippen molar-refractivity contribution in [3.05, 3.63) is 52.3 Å². The zero-order chi connectivity index (χ0) is 15.4. The van der Waals surface area contributed by atoms with E-state index in [1.807, 2.05) is 6.07 Å². The molecule has 1 aliphatic rings. The molecule has 4 nitrogen and oxygen atoms in total. The van der Waals surface area contributed by atoms with Gasteiger partial charge < -0.3 is 5.32 Å². The second-order valence-electron chi connectivity index (χ2n) is 5.58. The fraction of sp³-hybridized carbons (Fsp3) is 0.375. The van der Waals surface area contributed by atoms with Crippen LogP contribution in [0.3, 0.4) is 0 Å². The van der Waals surface area contributed by atoms with E-state index >= 15 is 0 Å². The zero-order valence-electron chi connectivity index (χ0n) is 12.2. The highest BCUT2D eigenvalue weighted by molar-refractivity contribution is 6.33. The minimum atomic E-state index is 0.343. The third-order valence-corrected chi connectivity index (χ3v) is 4.30. The van der Waals surface area contributed by atoms with Gasteiger partial charge in [0.05, 0.1) is 5.69 Å². The number of piperidine rings is 1. The molecule has 6 heteroatoms. The number of aromatic nitrogens is 2. The summed E-state index contributed by atoms with van der Waals surface area (Å²) in [6, 6.07) is 12.6. The normalized spacial score (nSPS) is 19.1. The van der Waals surface area contributed by atoms with Crippen molar-refractivity contribution in [2.75, 3.05) is 18.4 Å². The average Bonchev–Trinajstić information content (AvgIpc) is 2.52. The number of hydrogen-bond donors (Lipinski definition) is 1. The van der Waals surface area contributed by atoms with Gasteiger partial charge in [-0.25, -0.2) is 0 Å². The fourth-order valence-electron chi connectivity index (χ4n) is 2.83. The summed E-state index contributed by atoms with van der Waals surface area (Å²) in [5.41, 5.74) is 2.10. The number of hydrogen-bond acceptors (Lipinski definition) is 4. The van der Waals surface area contributed by atoms with Gasteiger partial charge in [-0.05, 0) is 24.9 Å². The minimum Gasteiger partial charge on any atom is -0.378 e. The molecular formula is C16H18Cl2N4. The van der Waals surface area contributed by atoms with Crippen molar-refractivity contribution in [2.24, 2.45) is 0 Å². The standard InChI is InChI=1S/C16H18Cl2N4/c17-15-9-14(16(18)21-20-15)19-13-7-4-8-22(11-13)10-12-5-2-1-3-6-12/h1-3,5-6,9,13H,4,7-8,10-11H2,(H,19,20). The third-order valence-electron chi connectivity index (χ3n) is 3.83. The molecule has 1 unspecified atom stereocenters. The molecule has 1 atom stereocenters. The third kappa shape index (κ3) is 4.09. The van der Waals surface area contributed by atoms with Crippen LogP contribution in [0.15, 0.2) is 36.4 Å². The number of benzene rings is 1. The smallest absolute Gasteiger partial charge is 0.174 e. The SMILES string of the molecule is Clc1cc(NC2CCCN(Cc3ccccc3)C2)c(Cl)nn1. The Morgan fingerprint density at radius 3 is 2.82 bits per heavy atom. The Balaban J connectivity index is 1.62. The van der Waals surface area contributed by atoms with Gasteiger partial charge in [0.2, 0.25) is 0 Å². The molecule has 116 valence electrons. The summed E-state index contributed by atoms with van der Waals surface area (Å²) in [5, 5.41) is 11.7. The van der Waals surface area contributed by atoms with Crippen LogP contribution in [-0.2, 0) is 6.54 Å². The highest BCUT2D eigenvalue weighted by Crippen LogP contribution is 2.24. The lowest BCUT2D eigenvalue weighted by molar-refractivity contribution is 0.208. The van der Waals surface area contributed by atoms with Gasteiger partial charge in [0.25, 0.3) is 0 Å². The summed E-state index contributed by atoms with van der Waals surface area (Å²) in [6.07, 6.45) is 2.27. The van der Waals surface area contributed by atoms with Gasteiger partial charge in [0, 0.05) is 25.2 Å². The van der Waals surface area contributed by atoms with Crippen molar-refractivity contribution < 1.29 is 0 Å². The Morgan fingerprint density at radius 1 is 1.18 bits per heavy atom. The maximum Gasteiger partial charge on any atom is 0.174 e. The average molecular weight is 337 g/mol. The van der Waals surface area contributed by atoms with E-state index in [2.05, 4.69) is 44.7 Å². The zero-order valence-corrected chi connectivity index (χ0v) is 13.7. The van der Waals surface area contributed by atoms with Crippen molar-refractivity contribution in [3.8, 4) is 0 Å². The number of rotatable bonds is 4. The lowest BCUT2D eigenvalue weighted by atomic mass is 10.0. The topological polar surface area (TPSA) is 41.0 Å². The fourth-order valence-corrected chi connectivity index (χ4v) is 3.13. The summed E-state index contributed by atoms with van der Waals surface area (Å²) >= 11 is 12.0. The molecule has 1 fully saturated rings. The predicted molar refractivity (Wildman–Crippen MR) is 90.4 cm³/mol. The second-order valence-corrected chi connectivity index (χ2v) is 6.32. The van der Waals surface area contributed by atoms with Crippen LogP contribution in [0.5, 0.6) is 0 Å². The lowest BCUT2D eigenvalue weighted by Crippen LogP contribution is -2.41. The van der Waals surface area contributed by atoms with Gasteiger partial charge in [-0.3, -0.25) is 4.90 Å². The van der Waals surface area contributed by atoms with Gasteiger partial charge >= 0.3 is 0 Å². The molecule has 0 saturated carbocycles. The Bertz CT molecular complexity index is 621. The highest BCUT2D eigenvalue weighted by atomic mass is 35.5. The largest absolute Gasteiger partial charge is 0.378 e. The van der Waals surface area contributed by atoms with Gasteiger partial charge in [0.1, 0.15) is 0 Å². The first-order valence-electron chi connectivity index (χ1n) is 7.42. The molecule has 1 aromatic carbocycles. The molecule has 1 aromatic heterocycles. The highest BCUT2D eigenvalue weighted by Gasteiger charge is 2.20. The van der Waals surface area contributed by atoms with E-state index in [1.54, 1.807) is 6.07 Å². The maximum atomic E-state index is 6.07. The van der Waals surface area contributed by atoms with E-state index in [0.29, 0.717) is 16.3 Å². The van der Waals surface area contributed by atoms with Gasteiger partial charge in [-0.1, -0.05) is 53.5 Å². The number of halogens is 2. The molecule has 0 aliphatic carbocycles. The molecule has 1 N–H and O–H groups in total. The first-order chi connectivity index (χ1) is 10.7. The van der Waals surface area contributed by atoms with E-state index < -0.39 is 0 Å². The minimum absolute atomic E-state index is 0.343. The Hall–Kier alpha value is -1.36. The summed E-state index contributed by atoms with van der Waals surface area (Å²) < 4.78 is 0. The molecule has 0 amide bonds. The molecule has 1 aliphatic heterocycles. The van der Waals surface area contributed by atoms with Crippen molar-refractivity contribution in [2.45, 2.75) is 25.4 Å². The molecule has 0 spiro atoms. The number of nitrogens with one attached hydrogen (secondary N) is 1. The summed E-state index contributed by atoms with van der Waals surface area (Å²) in [7, 11) is 0. The Kier molecular flexibility index (Phi) is 5.13. The Labute approximate surface area is 140 Å². The van der Waals surface area contributed by atoms with Crippen molar-refractivity contribution in [3.63, 3.8) is 0 Å². The molecule has 0 bridgehead atoms. The van der Waals surface area contributed by atoms with E-state index in [1.165, 1.54) is 5.56 Å². The molecule has 2 aromatic rings. The van der Waals surface area contributed by atoms with Gasteiger partial charge in [-0.2, -0.15) is 0 Å². The van der Waals surface area contributed by atoms with Crippen LogP contribution in [0, 0.1) is 0 Å². The molecule has 22 heavy (non-hydrogen) atoms. The monoisotopic (exact) mass is 336 g/mol. The lowest BCUT2D eigenvalue weighted by Gasteiger charge is -2.33. The van der Waals surface area contributed by atoms with Crippen molar-refractivity contribution >= 4 is 28.9 Å². The van der Waals surface area contributed by atoms with Gasteiger partial charge in [0.15, 0.2) is 10.3 Å². The van der Waals surface area contributed by atoms with Crippen LogP contribution >= 0.6 is 23.2 Å². The van der Waals surface area contributed by atoms with E-state index in [0.717, 1.165) is 38.2 Å².